The summed E-state index contributed by atoms with van der Waals surface area (Å²) in [5, 5.41) is 23.2. The van der Waals surface area contributed by atoms with Crippen molar-refractivity contribution >= 4 is 24.4 Å². The Labute approximate surface area is 219 Å². The zero-order valence-corrected chi connectivity index (χ0v) is 22.4. The third-order valence-corrected chi connectivity index (χ3v) is 7.21. The van der Waals surface area contributed by atoms with E-state index in [-0.39, 0.29) is 12.7 Å². The number of nitrogens with one attached hydrogen (secondary N) is 2. The van der Waals surface area contributed by atoms with Crippen LogP contribution in [0, 0.1) is 0 Å². The minimum absolute atomic E-state index is 0.349. The maximum absolute atomic E-state index is 12.4. The Morgan fingerprint density at radius 3 is 2.49 bits per heavy atom. The number of nitrogens with zero attached hydrogens (tertiary/aromatic N) is 1. The molecule has 2 aromatic rings. The van der Waals surface area contributed by atoms with Crippen molar-refractivity contribution in [2.75, 3.05) is 13.2 Å². The Morgan fingerprint density at radius 1 is 1.24 bits per heavy atom. The normalized spacial score (nSPS) is 16.3. The second-order valence-corrected chi connectivity index (χ2v) is 11.2. The topological polar surface area (TPSA) is 161 Å². The summed E-state index contributed by atoms with van der Waals surface area (Å²) in [7, 11) is 0. The first-order valence-electron chi connectivity index (χ1n) is 11.3. The lowest BCUT2D eigenvalue weighted by atomic mass is 10.2. The molecule has 37 heavy (non-hydrogen) atoms. The maximum Gasteiger partial charge on any atom is 0.330 e. The van der Waals surface area contributed by atoms with Gasteiger partial charge in [0.2, 0.25) is 0 Å². The van der Waals surface area contributed by atoms with Gasteiger partial charge >= 0.3 is 18.3 Å². The van der Waals surface area contributed by atoms with Crippen LogP contribution < -0.4 is 20.9 Å². The first-order valence-corrected chi connectivity index (χ1v) is 14.0. The van der Waals surface area contributed by atoms with E-state index in [4.69, 9.17) is 30.3 Å². The van der Waals surface area contributed by atoms with E-state index in [2.05, 4.69) is 16.7 Å². The molecule has 204 valence electrons. The van der Waals surface area contributed by atoms with Crippen LogP contribution in [0.1, 0.15) is 27.0 Å². The molecule has 0 aliphatic heterocycles. The van der Waals surface area contributed by atoms with Gasteiger partial charge < -0.3 is 28.7 Å². The maximum atomic E-state index is 12.4. The number of aromatic nitrogens is 2. The van der Waals surface area contributed by atoms with E-state index in [9.17, 15) is 24.6 Å². The summed E-state index contributed by atoms with van der Waals surface area (Å²) < 4.78 is 23.7. The molecule has 0 aliphatic rings. The van der Waals surface area contributed by atoms with Crippen molar-refractivity contribution in [2.24, 2.45) is 0 Å². The Morgan fingerprint density at radius 2 is 1.92 bits per heavy atom. The molecule has 12 nitrogen and oxygen atoms in total. The van der Waals surface area contributed by atoms with Crippen molar-refractivity contribution < 1.29 is 33.5 Å². The highest BCUT2D eigenvalue weighted by atomic mass is 32.5. The van der Waals surface area contributed by atoms with Crippen LogP contribution in [0.5, 0.6) is 5.75 Å². The average Bonchev–Trinajstić information content (AvgIpc) is 2.84. The molecule has 0 radical (unpaired) electrons. The van der Waals surface area contributed by atoms with Crippen LogP contribution in [0.4, 0.5) is 0 Å². The minimum Gasteiger partial charge on any atom is -0.462 e. The van der Waals surface area contributed by atoms with E-state index in [1.54, 1.807) is 51.1 Å². The summed E-state index contributed by atoms with van der Waals surface area (Å²) in [5.74, 6) is -0.196. The van der Waals surface area contributed by atoms with Crippen LogP contribution in [0.25, 0.3) is 0 Å². The summed E-state index contributed by atoms with van der Waals surface area (Å²) in [6.07, 6.45) is -1.81. The highest BCUT2D eigenvalue weighted by molar-refractivity contribution is 8.09. The quantitative estimate of drug-likeness (QED) is 0.142. The Bertz CT molecular complexity index is 1190. The number of rotatable bonds is 15. The number of hydrogen-bond donors (Lipinski definition) is 4. The summed E-state index contributed by atoms with van der Waals surface area (Å²) in [5.41, 5.74) is -1.45. The highest BCUT2D eigenvalue weighted by Crippen LogP contribution is 2.45. The van der Waals surface area contributed by atoms with Gasteiger partial charge in [0.25, 0.3) is 5.56 Å². The lowest BCUT2D eigenvalue weighted by molar-refractivity contribution is -0.149. The third kappa shape index (κ3) is 9.63. The summed E-state index contributed by atoms with van der Waals surface area (Å²) in [6.45, 7) is 3.99. The first kappa shape index (κ1) is 30.6. The van der Waals surface area contributed by atoms with Crippen molar-refractivity contribution in [3.63, 3.8) is 0 Å². The summed E-state index contributed by atoms with van der Waals surface area (Å²) in [6, 6.07) is 8.73. The molecule has 0 fully saturated rings. The van der Waals surface area contributed by atoms with Gasteiger partial charge in [-0.25, -0.2) is 9.88 Å². The van der Waals surface area contributed by atoms with Gasteiger partial charge in [-0.2, -0.15) is 0 Å². The fourth-order valence-corrected chi connectivity index (χ4v) is 5.35. The summed E-state index contributed by atoms with van der Waals surface area (Å²) in [4.78, 5) is 38.0. The molecule has 1 aromatic heterocycles. The number of H-pyrrole nitrogens is 1. The molecule has 0 spiro atoms. The van der Waals surface area contributed by atoms with Crippen molar-refractivity contribution in [3.8, 4) is 5.75 Å². The van der Waals surface area contributed by atoms with Crippen molar-refractivity contribution in [1.29, 1.82) is 0 Å². The number of benzene rings is 1. The fourth-order valence-electron chi connectivity index (χ4n) is 2.93. The van der Waals surface area contributed by atoms with Gasteiger partial charge in [0, 0.05) is 12.3 Å². The number of para-hydroxylation sites is 1. The van der Waals surface area contributed by atoms with Gasteiger partial charge in [0.05, 0.1) is 19.3 Å². The Balaban J connectivity index is 2.27. The van der Waals surface area contributed by atoms with Gasteiger partial charge in [0.1, 0.15) is 24.0 Å². The lowest BCUT2D eigenvalue weighted by Gasteiger charge is -2.31. The lowest BCUT2D eigenvalue weighted by Crippen LogP contribution is -2.41. The molecular weight excluding hydrogens is 525 g/mol. The number of carbonyl (C=O) groups is 1. The predicted molar refractivity (Wildman–Crippen MR) is 140 cm³/mol. The monoisotopic (exact) mass is 557 g/mol. The van der Waals surface area contributed by atoms with Gasteiger partial charge in [-0.3, -0.25) is 19.1 Å². The predicted octanol–water partition coefficient (Wildman–Crippen LogP) is 1.21. The average molecular weight is 558 g/mol. The van der Waals surface area contributed by atoms with E-state index in [1.165, 1.54) is 6.08 Å². The van der Waals surface area contributed by atoms with Crippen LogP contribution in [0.3, 0.4) is 0 Å². The number of carbonyl (C=O) groups excluding carboxylic acids is 1. The number of aliphatic hydroxyl groups is 2. The number of aromatic amines is 1. The van der Waals surface area contributed by atoms with Crippen molar-refractivity contribution in [2.45, 2.75) is 51.4 Å². The van der Waals surface area contributed by atoms with E-state index >= 15 is 0 Å². The first-order chi connectivity index (χ1) is 17.5. The van der Waals surface area contributed by atoms with Crippen LogP contribution in [-0.2, 0) is 30.6 Å². The smallest absolute Gasteiger partial charge is 0.330 e. The molecule has 0 amide bonds. The molecule has 0 bridgehead atoms. The van der Waals surface area contributed by atoms with Gasteiger partial charge in [-0.05, 0) is 44.7 Å². The zero-order chi connectivity index (χ0) is 27.6. The molecular formula is C23H32N3O9PS. The van der Waals surface area contributed by atoms with Gasteiger partial charge in [0.15, 0.2) is 6.23 Å². The van der Waals surface area contributed by atoms with Crippen molar-refractivity contribution in [1.82, 2.24) is 14.6 Å². The molecule has 1 aromatic carbocycles. The molecule has 14 heteroatoms. The van der Waals surface area contributed by atoms with E-state index in [1.807, 2.05) is 0 Å². The van der Waals surface area contributed by atoms with Crippen LogP contribution in [0.15, 0.2) is 64.8 Å². The second-order valence-electron chi connectivity index (χ2n) is 8.09. The van der Waals surface area contributed by atoms with E-state index in [0.29, 0.717) is 5.75 Å². The molecule has 0 saturated carbocycles. The summed E-state index contributed by atoms with van der Waals surface area (Å²) >= 11 is 5.65. The molecule has 2 rings (SSSR count). The standard InChI is InChI=1S/C23H32N3O9PS/c1-5-18(28)19(34-21(13-27)26-12-11-20(29)24-23(26)31)14-32-36(37,35-17-9-7-6-8-10-17)25-16(4)22(30)33-15(2)3/h5-12,15-16,18-19,21,27-28H,1,13-14H2,2-4H3,(H,25,37)(H,24,29,31)/t16?,18-,19?,21+,36?/m0/s1. The van der Waals surface area contributed by atoms with E-state index < -0.39 is 54.9 Å². The van der Waals surface area contributed by atoms with Crippen molar-refractivity contribution in [3.05, 3.63) is 76.1 Å². The van der Waals surface area contributed by atoms with E-state index in [0.717, 1.165) is 16.8 Å². The Kier molecular flexibility index (Phi) is 11.9. The van der Waals surface area contributed by atoms with Crippen LogP contribution in [-0.4, -0.2) is 63.3 Å². The molecule has 4 N–H and O–H groups in total. The van der Waals surface area contributed by atoms with Crippen LogP contribution >= 0.6 is 6.64 Å². The molecule has 5 atom stereocenters. The molecule has 3 unspecified atom stereocenters. The molecule has 1 heterocycles. The molecule has 0 aliphatic carbocycles. The third-order valence-electron chi connectivity index (χ3n) is 4.71. The largest absolute Gasteiger partial charge is 0.462 e. The van der Waals surface area contributed by atoms with Gasteiger partial charge in [-0.1, -0.05) is 24.3 Å². The number of esters is 1. The SMILES string of the molecule is C=C[C@H](O)C(COP(=S)(NC(C)C(=O)OC(C)C)Oc1ccccc1)O[C@H](CO)n1ccc(=O)[nH]c1=O. The minimum atomic E-state index is -3.46. The number of hydrogen-bond acceptors (Lipinski definition) is 10. The number of aliphatic hydroxyl groups excluding tert-OH is 2. The molecule has 0 saturated heterocycles. The number of ether oxygens (including phenoxy) is 2. The van der Waals surface area contributed by atoms with Gasteiger partial charge in [-0.15, -0.1) is 6.58 Å². The fraction of sp³-hybridized carbons (Fsp3) is 0.435. The second kappa shape index (κ2) is 14.3. The highest BCUT2D eigenvalue weighted by Gasteiger charge is 2.32. The van der Waals surface area contributed by atoms with Crippen LogP contribution in [0.2, 0.25) is 0 Å². The Hall–Kier alpha value is -2.64. The zero-order valence-electron chi connectivity index (χ0n) is 20.7.